The summed E-state index contributed by atoms with van der Waals surface area (Å²) in [5, 5.41) is 11.3. The average molecular weight is 296 g/mol. The van der Waals surface area contributed by atoms with Gasteiger partial charge in [0.2, 0.25) is 0 Å². The van der Waals surface area contributed by atoms with Gasteiger partial charge >= 0.3 is 5.69 Å². The van der Waals surface area contributed by atoms with E-state index in [1.165, 1.54) is 18.2 Å². The number of rotatable bonds is 6. The van der Waals surface area contributed by atoms with Crippen LogP contribution < -0.4 is 4.74 Å². The van der Waals surface area contributed by atoms with Crippen LogP contribution in [0.3, 0.4) is 0 Å². The minimum atomic E-state index is -0.491. The molecule has 0 aliphatic heterocycles. The fraction of sp³-hybridized carbons (Fsp3) is 0.308. The van der Waals surface area contributed by atoms with Gasteiger partial charge in [-0.2, -0.15) is 0 Å². The van der Waals surface area contributed by atoms with Crippen molar-refractivity contribution in [3.63, 3.8) is 0 Å². The number of aryl methyl sites for hydroxylation is 1. The lowest BCUT2D eigenvalue weighted by atomic mass is 10.3. The molecule has 106 valence electrons. The third-order valence-electron chi connectivity index (χ3n) is 2.76. The van der Waals surface area contributed by atoms with E-state index in [2.05, 4.69) is 11.9 Å². The fourth-order valence-electron chi connectivity index (χ4n) is 1.82. The Balaban J connectivity index is 2.16. The van der Waals surface area contributed by atoms with Crippen LogP contribution in [0.4, 0.5) is 5.69 Å². The summed E-state index contributed by atoms with van der Waals surface area (Å²) in [4.78, 5) is 14.5. The molecule has 1 aromatic carbocycles. The molecule has 0 amide bonds. The van der Waals surface area contributed by atoms with Gasteiger partial charge in [-0.1, -0.05) is 18.5 Å². The van der Waals surface area contributed by atoms with Gasteiger partial charge in [0.25, 0.3) is 0 Å². The van der Waals surface area contributed by atoms with Crippen molar-refractivity contribution >= 4 is 17.3 Å². The highest BCUT2D eigenvalue weighted by Gasteiger charge is 2.16. The molecule has 20 heavy (non-hydrogen) atoms. The summed E-state index contributed by atoms with van der Waals surface area (Å²) in [6.07, 6.45) is 4.38. The predicted molar refractivity (Wildman–Crippen MR) is 75.0 cm³/mol. The molecule has 1 aromatic heterocycles. The van der Waals surface area contributed by atoms with Gasteiger partial charge in [-0.3, -0.25) is 10.1 Å². The maximum absolute atomic E-state index is 10.9. The van der Waals surface area contributed by atoms with Crippen molar-refractivity contribution in [2.75, 3.05) is 0 Å². The number of hydrogen-bond acceptors (Lipinski definition) is 4. The lowest BCUT2D eigenvalue weighted by Crippen LogP contribution is -2.06. The first-order valence-corrected chi connectivity index (χ1v) is 6.55. The Kier molecular flexibility index (Phi) is 4.57. The van der Waals surface area contributed by atoms with E-state index in [-0.39, 0.29) is 18.0 Å². The normalized spacial score (nSPS) is 10.5. The van der Waals surface area contributed by atoms with Gasteiger partial charge in [0.1, 0.15) is 6.61 Å². The van der Waals surface area contributed by atoms with Crippen molar-refractivity contribution in [2.45, 2.75) is 26.5 Å². The molecule has 7 heteroatoms. The molecule has 0 saturated carbocycles. The van der Waals surface area contributed by atoms with Crippen LogP contribution in [0.25, 0.3) is 0 Å². The number of nitrogens with zero attached hydrogens (tertiary/aromatic N) is 3. The Hall–Kier alpha value is -2.08. The van der Waals surface area contributed by atoms with Gasteiger partial charge in [-0.15, -0.1) is 0 Å². The fourth-order valence-corrected chi connectivity index (χ4v) is 1.98. The third kappa shape index (κ3) is 3.27. The van der Waals surface area contributed by atoms with E-state index in [4.69, 9.17) is 16.3 Å². The van der Waals surface area contributed by atoms with E-state index in [1.807, 2.05) is 4.57 Å². The van der Waals surface area contributed by atoms with Crippen LogP contribution in [0, 0.1) is 10.1 Å². The Morgan fingerprint density at radius 1 is 1.50 bits per heavy atom. The first-order valence-electron chi connectivity index (χ1n) is 6.17. The van der Waals surface area contributed by atoms with Gasteiger partial charge in [-0.05, 0) is 12.5 Å². The molecule has 0 unspecified atom stereocenters. The molecular weight excluding hydrogens is 282 g/mol. The number of nitro benzene ring substituents is 1. The second-order valence-corrected chi connectivity index (χ2v) is 4.67. The summed E-state index contributed by atoms with van der Waals surface area (Å²) in [6, 6.07) is 4.25. The van der Waals surface area contributed by atoms with Crippen molar-refractivity contribution < 1.29 is 9.66 Å². The molecular formula is C13H14ClN3O3. The molecule has 0 atom stereocenters. The van der Waals surface area contributed by atoms with E-state index in [9.17, 15) is 10.1 Å². The number of hydrogen-bond donors (Lipinski definition) is 0. The van der Waals surface area contributed by atoms with E-state index >= 15 is 0 Å². The van der Waals surface area contributed by atoms with Crippen molar-refractivity contribution in [3.8, 4) is 5.75 Å². The van der Waals surface area contributed by atoms with Gasteiger partial charge in [0.15, 0.2) is 5.75 Å². The second-order valence-electron chi connectivity index (χ2n) is 4.24. The topological polar surface area (TPSA) is 70.2 Å². The average Bonchev–Trinajstić information content (AvgIpc) is 2.84. The smallest absolute Gasteiger partial charge is 0.311 e. The molecule has 0 fully saturated rings. The maximum atomic E-state index is 10.9. The van der Waals surface area contributed by atoms with Crippen molar-refractivity contribution in [3.05, 3.63) is 51.6 Å². The van der Waals surface area contributed by atoms with Crippen molar-refractivity contribution in [1.29, 1.82) is 0 Å². The van der Waals surface area contributed by atoms with Crippen LogP contribution in [0.15, 0.2) is 30.7 Å². The molecule has 0 N–H and O–H groups in total. The number of ether oxygens (including phenoxy) is 1. The quantitative estimate of drug-likeness (QED) is 0.604. The molecule has 0 aliphatic rings. The molecule has 1 heterocycles. The van der Waals surface area contributed by atoms with Crippen LogP contribution >= 0.6 is 11.6 Å². The Labute approximate surface area is 121 Å². The summed E-state index contributed by atoms with van der Waals surface area (Å²) in [5.74, 6) is 0.159. The number of imidazole rings is 1. The van der Waals surface area contributed by atoms with Gasteiger partial charge in [-0.25, -0.2) is 4.98 Å². The lowest BCUT2D eigenvalue weighted by molar-refractivity contribution is -0.385. The monoisotopic (exact) mass is 295 g/mol. The van der Waals surface area contributed by atoms with Crippen LogP contribution in [0.1, 0.15) is 19.0 Å². The van der Waals surface area contributed by atoms with E-state index in [0.717, 1.165) is 18.7 Å². The molecule has 0 aliphatic carbocycles. The maximum Gasteiger partial charge on any atom is 0.311 e. The largest absolute Gasteiger partial charge is 0.480 e. The number of halogens is 1. The number of nitro groups is 1. The van der Waals surface area contributed by atoms with E-state index < -0.39 is 4.92 Å². The van der Waals surface area contributed by atoms with Gasteiger partial charge in [0, 0.05) is 23.7 Å². The van der Waals surface area contributed by atoms with Crippen LogP contribution in [0.2, 0.25) is 5.02 Å². The zero-order valence-corrected chi connectivity index (χ0v) is 11.7. The summed E-state index contributed by atoms with van der Waals surface area (Å²) < 4.78 is 7.48. The summed E-state index contributed by atoms with van der Waals surface area (Å²) >= 11 is 5.84. The molecule has 2 aromatic rings. The summed E-state index contributed by atoms with van der Waals surface area (Å²) in [7, 11) is 0. The third-order valence-corrected chi connectivity index (χ3v) is 2.99. The van der Waals surface area contributed by atoms with E-state index in [0.29, 0.717) is 5.02 Å². The lowest BCUT2D eigenvalue weighted by Gasteiger charge is -2.09. The van der Waals surface area contributed by atoms with Crippen LogP contribution in [0.5, 0.6) is 5.75 Å². The molecule has 0 bridgehead atoms. The highest BCUT2D eigenvalue weighted by Crippen LogP contribution is 2.30. The molecule has 6 nitrogen and oxygen atoms in total. The molecule has 0 spiro atoms. The standard InChI is InChI=1S/C13H14ClN3O3/c1-2-5-16-9-15-7-11(16)8-20-13-6-10(14)3-4-12(13)17(18)19/h3-4,6-7,9H,2,5,8H2,1H3. The first kappa shape index (κ1) is 14.3. The minimum absolute atomic E-state index is 0.101. The second kappa shape index (κ2) is 6.38. The highest BCUT2D eigenvalue weighted by molar-refractivity contribution is 6.30. The zero-order valence-electron chi connectivity index (χ0n) is 11.0. The molecule has 2 rings (SSSR count). The minimum Gasteiger partial charge on any atom is -0.480 e. The molecule has 0 radical (unpaired) electrons. The van der Waals surface area contributed by atoms with Crippen LogP contribution in [-0.2, 0) is 13.2 Å². The molecule has 0 saturated heterocycles. The van der Waals surface area contributed by atoms with Gasteiger partial charge in [0.05, 0.1) is 23.1 Å². The Morgan fingerprint density at radius 2 is 2.30 bits per heavy atom. The first-order chi connectivity index (χ1) is 9.61. The van der Waals surface area contributed by atoms with Gasteiger partial charge < -0.3 is 9.30 Å². The van der Waals surface area contributed by atoms with Crippen LogP contribution in [-0.4, -0.2) is 14.5 Å². The van der Waals surface area contributed by atoms with Crippen molar-refractivity contribution in [2.24, 2.45) is 0 Å². The summed E-state index contributed by atoms with van der Waals surface area (Å²) in [6.45, 7) is 3.10. The number of aromatic nitrogens is 2. The summed E-state index contributed by atoms with van der Waals surface area (Å²) in [5.41, 5.74) is 0.761. The Bertz CT molecular complexity index is 613. The zero-order chi connectivity index (χ0) is 14.5. The van der Waals surface area contributed by atoms with E-state index in [1.54, 1.807) is 12.5 Å². The van der Waals surface area contributed by atoms with Crippen molar-refractivity contribution in [1.82, 2.24) is 9.55 Å². The number of benzene rings is 1. The highest BCUT2D eigenvalue weighted by atomic mass is 35.5. The SMILES string of the molecule is CCCn1cncc1COc1cc(Cl)ccc1[N+](=O)[O-]. The Morgan fingerprint density at radius 3 is 3.00 bits per heavy atom. The predicted octanol–water partition coefficient (Wildman–Crippen LogP) is 3.43.